The van der Waals surface area contributed by atoms with Crippen LogP contribution < -0.4 is 11.3 Å². The van der Waals surface area contributed by atoms with Gasteiger partial charge in [0, 0.05) is 19.2 Å². The van der Waals surface area contributed by atoms with E-state index in [-0.39, 0.29) is 5.82 Å². The van der Waals surface area contributed by atoms with Crippen molar-refractivity contribution in [1.29, 1.82) is 0 Å². The zero-order valence-electron chi connectivity index (χ0n) is 12.1. The molecule has 0 aromatic carbocycles. The summed E-state index contributed by atoms with van der Waals surface area (Å²) in [6.07, 6.45) is 2.90. The monoisotopic (exact) mass is 355 g/mol. The van der Waals surface area contributed by atoms with Gasteiger partial charge in [-0.1, -0.05) is 6.92 Å². The topological polar surface area (TPSA) is 68.8 Å². The Morgan fingerprint density at radius 3 is 2.81 bits per heavy atom. The highest BCUT2D eigenvalue weighted by molar-refractivity contribution is 9.10. The molecule has 0 radical (unpaired) electrons. The van der Waals surface area contributed by atoms with Crippen LogP contribution in [0, 0.1) is 5.82 Å². The van der Waals surface area contributed by atoms with Crippen molar-refractivity contribution >= 4 is 15.9 Å². The Kier molecular flexibility index (Phi) is 5.44. The molecular weight excluding hydrogens is 337 g/mol. The molecule has 7 heteroatoms. The zero-order chi connectivity index (χ0) is 15.4. The Labute approximate surface area is 131 Å². The highest BCUT2D eigenvalue weighted by Gasteiger charge is 2.22. The Morgan fingerprint density at radius 2 is 2.24 bits per heavy atom. The van der Waals surface area contributed by atoms with Gasteiger partial charge in [-0.05, 0) is 41.4 Å². The Bertz CT molecular complexity index is 613. The second-order valence-corrected chi connectivity index (χ2v) is 5.46. The van der Waals surface area contributed by atoms with Gasteiger partial charge in [0.15, 0.2) is 0 Å². The Balaban J connectivity index is 2.35. The molecule has 2 heterocycles. The number of halogens is 2. The summed E-state index contributed by atoms with van der Waals surface area (Å²) in [5, 5.41) is 4.54. The lowest BCUT2D eigenvalue weighted by molar-refractivity contribution is 0.476. The number of hydrazine groups is 1. The van der Waals surface area contributed by atoms with Crippen LogP contribution in [0.25, 0.3) is 0 Å². The van der Waals surface area contributed by atoms with Gasteiger partial charge < -0.3 is 0 Å². The molecule has 0 spiro atoms. The molecule has 0 saturated carbocycles. The SMILES string of the molecule is CCc1nn(CC)c(CC(NN)c2ncccc2F)c1Br. The molecule has 2 rings (SSSR count). The summed E-state index contributed by atoms with van der Waals surface area (Å²) in [4.78, 5) is 4.10. The maximum absolute atomic E-state index is 13.9. The number of hydrogen-bond donors (Lipinski definition) is 2. The van der Waals surface area contributed by atoms with Crippen molar-refractivity contribution in [3.8, 4) is 0 Å². The van der Waals surface area contributed by atoms with Crippen LogP contribution >= 0.6 is 15.9 Å². The van der Waals surface area contributed by atoms with E-state index in [1.165, 1.54) is 6.07 Å². The molecule has 0 aliphatic heterocycles. The molecule has 2 aromatic heterocycles. The number of nitrogens with zero attached hydrogens (tertiary/aromatic N) is 3. The summed E-state index contributed by atoms with van der Waals surface area (Å²) in [5.74, 6) is 5.23. The molecule has 2 aromatic rings. The van der Waals surface area contributed by atoms with Crippen molar-refractivity contribution in [2.45, 2.75) is 39.3 Å². The molecule has 5 nitrogen and oxygen atoms in total. The summed E-state index contributed by atoms with van der Waals surface area (Å²) >= 11 is 3.59. The highest BCUT2D eigenvalue weighted by Crippen LogP contribution is 2.27. The Hall–Kier alpha value is -1.31. The lowest BCUT2D eigenvalue weighted by atomic mass is 10.1. The van der Waals surface area contributed by atoms with E-state index in [1.807, 2.05) is 18.5 Å². The lowest BCUT2D eigenvalue weighted by Gasteiger charge is -2.17. The third-order valence-electron chi connectivity index (χ3n) is 3.41. The second-order valence-electron chi connectivity index (χ2n) is 4.67. The van der Waals surface area contributed by atoms with Gasteiger partial charge in [-0.2, -0.15) is 5.10 Å². The molecular formula is C14H19BrFN5. The molecule has 0 saturated heterocycles. The number of aryl methyl sites for hydroxylation is 2. The van der Waals surface area contributed by atoms with Gasteiger partial charge in [-0.3, -0.25) is 20.9 Å². The van der Waals surface area contributed by atoms with E-state index in [2.05, 4.69) is 31.4 Å². The number of aromatic nitrogens is 3. The first-order valence-corrected chi connectivity index (χ1v) is 7.72. The van der Waals surface area contributed by atoms with E-state index in [1.54, 1.807) is 12.3 Å². The van der Waals surface area contributed by atoms with Gasteiger partial charge in [0.25, 0.3) is 0 Å². The fraction of sp³-hybridized carbons (Fsp3) is 0.429. The van der Waals surface area contributed by atoms with Crippen LogP contribution in [0.2, 0.25) is 0 Å². The Morgan fingerprint density at radius 1 is 1.48 bits per heavy atom. The fourth-order valence-corrected chi connectivity index (χ4v) is 3.02. The number of nitrogens with two attached hydrogens (primary N) is 1. The van der Waals surface area contributed by atoms with Gasteiger partial charge in [0.1, 0.15) is 5.82 Å². The maximum atomic E-state index is 13.9. The van der Waals surface area contributed by atoms with Crippen LogP contribution in [0.4, 0.5) is 4.39 Å². The van der Waals surface area contributed by atoms with Gasteiger partial charge in [0.05, 0.1) is 27.6 Å². The highest BCUT2D eigenvalue weighted by atomic mass is 79.9. The molecule has 0 fully saturated rings. The minimum atomic E-state index is -0.408. The molecule has 21 heavy (non-hydrogen) atoms. The molecule has 0 aliphatic carbocycles. The normalized spacial score (nSPS) is 12.6. The van der Waals surface area contributed by atoms with Crippen molar-refractivity contribution in [1.82, 2.24) is 20.2 Å². The van der Waals surface area contributed by atoms with E-state index in [4.69, 9.17) is 5.84 Å². The van der Waals surface area contributed by atoms with Crippen molar-refractivity contribution in [3.63, 3.8) is 0 Å². The summed E-state index contributed by atoms with van der Waals surface area (Å²) in [5.41, 5.74) is 4.94. The van der Waals surface area contributed by atoms with Crippen molar-refractivity contribution in [3.05, 3.63) is 45.7 Å². The number of rotatable bonds is 6. The first kappa shape index (κ1) is 16.1. The van der Waals surface area contributed by atoms with Gasteiger partial charge in [0.2, 0.25) is 0 Å². The van der Waals surface area contributed by atoms with Crippen LogP contribution in [0.3, 0.4) is 0 Å². The molecule has 3 N–H and O–H groups in total. The number of hydrogen-bond acceptors (Lipinski definition) is 4. The van der Waals surface area contributed by atoms with Crippen molar-refractivity contribution in [2.24, 2.45) is 5.84 Å². The van der Waals surface area contributed by atoms with Crippen molar-refractivity contribution in [2.75, 3.05) is 0 Å². The first-order valence-electron chi connectivity index (χ1n) is 6.92. The number of pyridine rings is 1. The van der Waals surface area contributed by atoms with Crippen LogP contribution in [0.5, 0.6) is 0 Å². The average Bonchev–Trinajstić information content (AvgIpc) is 2.81. The predicted molar refractivity (Wildman–Crippen MR) is 82.9 cm³/mol. The molecule has 1 atom stereocenters. The van der Waals surface area contributed by atoms with Gasteiger partial charge in [-0.15, -0.1) is 0 Å². The molecule has 0 bridgehead atoms. The van der Waals surface area contributed by atoms with Crippen LogP contribution in [0.15, 0.2) is 22.8 Å². The predicted octanol–water partition coefficient (Wildman–Crippen LogP) is 2.51. The maximum Gasteiger partial charge on any atom is 0.146 e. The summed E-state index contributed by atoms with van der Waals surface area (Å²) in [7, 11) is 0. The summed E-state index contributed by atoms with van der Waals surface area (Å²) in [6.45, 7) is 4.82. The lowest BCUT2D eigenvalue weighted by Crippen LogP contribution is -2.31. The summed E-state index contributed by atoms with van der Waals surface area (Å²) in [6, 6.07) is 2.54. The van der Waals surface area contributed by atoms with Gasteiger partial charge >= 0.3 is 0 Å². The minimum absolute atomic E-state index is 0.314. The smallest absolute Gasteiger partial charge is 0.146 e. The first-order chi connectivity index (χ1) is 10.1. The molecule has 114 valence electrons. The fourth-order valence-electron chi connectivity index (χ4n) is 2.29. The average molecular weight is 356 g/mol. The van der Waals surface area contributed by atoms with E-state index >= 15 is 0 Å². The quantitative estimate of drug-likeness (QED) is 0.617. The standard InChI is InChI=1S/C14H19BrFN5/c1-3-10-13(15)12(21(4-2)20-10)8-11(19-17)14-9(16)6-5-7-18-14/h5-7,11,19H,3-4,8,17H2,1-2H3. The molecule has 0 amide bonds. The molecule has 0 aliphatic rings. The van der Waals surface area contributed by atoms with Crippen LogP contribution in [-0.2, 0) is 19.4 Å². The molecule has 1 unspecified atom stereocenters. The van der Waals surface area contributed by atoms with E-state index in [0.29, 0.717) is 12.1 Å². The third kappa shape index (κ3) is 3.30. The third-order valence-corrected chi connectivity index (χ3v) is 4.33. The number of nitrogens with one attached hydrogen (secondary N) is 1. The van der Waals surface area contributed by atoms with E-state index in [0.717, 1.165) is 28.8 Å². The largest absolute Gasteiger partial charge is 0.271 e. The van der Waals surface area contributed by atoms with E-state index < -0.39 is 6.04 Å². The van der Waals surface area contributed by atoms with Gasteiger partial charge in [-0.25, -0.2) is 4.39 Å². The summed E-state index contributed by atoms with van der Waals surface area (Å²) < 4.78 is 16.8. The van der Waals surface area contributed by atoms with Crippen LogP contribution in [0.1, 0.15) is 37.0 Å². The zero-order valence-corrected chi connectivity index (χ0v) is 13.7. The van der Waals surface area contributed by atoms with Crippen LogP contribution in [-0.4, -0.2) is 14.8 Å². The minimum Gasteiger partial charge on any atom is -0.271 e. The second kappa shape index (κ2) is 7.11. The van der Waals surface area contributed by atoms with E-state index in [9.17, 15) is 4.39 Å². The van der Waals surface area contributed by atoms with Crippen molar-refractivity contribution < 1.29 is 4.39 Å².